The molecule has 94 valence electrons. The number of aryl methyl sites for hydroxylation is 1. The number of aromatic nitrogens is 2. The van der Waals surface area contributed by atoms with Crippen LogP contribution in [-0.2, 0) is 6.42 Å². The smallest absolute Gasteiger partial charge is 0.123 e. The zero-order valence-corrected chi connectivity index (χ0v) is 10.7. The van der Waals surface area contributed by atoms with Gasteiger partial charge in [-0.15, -0.1) is 0 Å². The summed E-state index contributed by atoms with van der Waals surface area (Å²) in [7, 11) is 1.96. The highest BCUT2D eigenvalue weighted by Crippen LogP contribution is 2.20. The first kappa shape index (κ1) is 12.5. The highest BCUT2D eigenvalue weighted by atomic mass is 14.9. The lowest BCUT2D eigenvalue weighted by molar-refractivity contribution is 0.586. The summed E-state index contributed by atoms with van der Waals surface area (Å²) in [6.45, 7) is 2.10. The second-order valence-corrected chi connectivity index (χ2v) is 4.37. The van der Waals surface area contributed by atoms with Crippen molar-refractivity contribution in [3.05, 3.63) is 53.5 Å². The standard InChI is InChI=1S/C14H18N4/c1-10-3-5-17-9-12(10)13(16-2)7-11-4-6-18-14(15)8-11/h3-6,8-9,13,16H,7H2,1-2H3,(H2,15,18). The predicted octanol–water partition coefficient (Wildman–Crippen LogP) is 1.87. The average Bonchev–Trinajstić information content (AvgIpc) is 2.37. The van der Waals surface area contributed by atoms with E-state index in [1.54, 1.807) is 6.20 Å². The maximum atomic E-state index is 5.70. The Morgan fingerprint density at radius 3 is 2.83 bits per heavy atom. The lowest BCUT2D eigenvalue weighted by atomic mass is 9.97. The quantitative estimate of drug-likeness (QED) is 0.859. The summed E-state index contributed by atoms with van der Waals surface area (Å²) < 4.78 is 0. The third kappa shape index (κ3) is 2.84. The summed E-state index contributed by atoms with van der Waals surface area (Å²) in [5.41, 5.74) is 9.33. The van der Waals surface area contributed by atoms with Gasteiger partial charge in [0.1, 0.15) is 5.82 Å². The van der Waals surface area contributed by atoms with Crippen LogP contribution in [0.3, 0.4) is 0 Å². The minimum absolute atomic E-state index is 0.237. The van der Waals surface area contributed by atoms with E-state index in [4.69, 9.17) is 5.73 Å². The Kier molecular flexibility index (Phi) is 3.89. The highest BCUT2D eigenvalue weighted by molar-refractivity contribution is 5.34. The summed E-state index contributed by atoms with van der Waals surface area (Å²) in [6.07, 6.45) is 6.35. The number of nitrogen functional groups attached to an aromatic ring is 1. The van der Waals surface area contributed by atoms with Gasteiger partial charge >= 0.3 is 0 Å². The van der Waals surface area contributed by atoms with Gasteiger partial charge in [-0.1, -0.05) is 0 Å². The van der Waals surface area contributed by atoms with Crippen LogP contribution in [0.1, 0.15) is 22.7 Å². The zero-order chi connectivity index (χ0) is 13.0. The van der Waals surface area contributed by atoms with Crippen molar-refractivity contribution in [2.45, 2.75) is 19.4 Å². The summed E-state index contributed by atoms with van der Waals surface area (Å²) in [5.74, 6) is 0.560. The van der Waals surface area contributed by atoms with Gasteiger partial charge in [-0.05, 0) is 55.3 Å². The molecule has 0 amide bonds. The third-order valence-electron chi connectivity index (χ3n) is 3.09. The van der Waals surface area contributed by atoms with Gasteiger partial charge in [0.2, 0.25) is 0 Å². The van der Waals surface area contributed by atoms with E-state index >= 15 is 0 Å². The van der Waals surface area contributed by atoms with Crippen LogP contribution in [0.2, 0.25) is 0 Å². The summed E-state index contributed by atoms with van der Waals surface area (Å²) in [6, 6.07) is 6.17. The lowest BCUT2D eigenvalue weighted by Gasteiger charge is -2.18. The van der Waals surface area contributed by atoms with Gasteiger partial charge in [-0.2, -0.15) is 0 Å². The molecule has 4 nitrogen and oxygen atoms in total. The topological polar surface area (TPSA) is 63.8 Å². The van der Waals surface area contributed by atoms with Crippen LogP contribution in [0, 0.1) is 6.92 Å². The molecule has 0 aromatic carbocycles. The molecule has 0 saturated heterocycles. The third-order valence-corrected chi connectivity index (χ3v) is 3.09. The van der Waals surface area contributed by atoms with Crippen LogP contribution in [0.4, 0.5) is 5.82 Å². The Morgan fingerprint density at radius 2 is 2.17 bits per heavy atom. The molecule has 2 aromatic heterocycles. The Morgan fingerprint density at radius 1 is 1.33 bits per heavy atom. The normalized spacial score (nSPS) is 12.3. The summed E-state index contributed by atoms with van der Waals surface area (Å²) >= 11 is 0. The van der Waals surface area contributed by atoms with Gasteiger partial charge < -0.3 is 11.1 Å². The molecule has 0 radical (unpaired) electrons. The van der Waals surface area contributed by atoms with Crippen LogP contribution in [0.25, 0.3) is 0 Å². The fourth-order valence-corrected chi connectivity index (χ4v) is 2.07. The van der Waals surface area contributed by atoms with Crippen molar-refractivity contribution in [2.75, 3.05) is 12.8 Å². The van der Waals surface area contributed by atoms with E-state index in [0.717, 1.165) is 6.42 Å². The van der Waals surface area contributed by atoms with E-state index < -0.39 is 0 Å². The number of nitrogens with two attached hydrogens (primary N) is 1. The van der Waals surface area contributed by atoms with Crippen molar-refractivity contribution in [1.29, 1.82) is 0 Å². The first-order valence-corrected chi connectivity index (χ1v) is 5.99. The molecule has 0 aliphatic heterocycles. The molecular weight excluding hydrogens is 224 g/mol. The van der Waals surface area contributed by atoms with Crippen molar-refractivity contribution in [3.8, 4) is 0 Å². The minimum Gasteiger partial charge on any atom is -0.384 e. The zero-order valence-electron chi connectivity index (χ0n) is 10.7. The van der Waals surface area contributed by atoms with Crippen LogP contribution in [-0.4, -0.2) is 17.0 Å². The number of nitrogens with zero attached hydrogens (tertiary/aromatic N) is 2. The van der Waals surface area contributed by atoms with Crippen molar-refractivity contribution >= 4 is 5.82 Å². The molecule has 2 aromatic rings. The number of pyridine rings is 2. The van der Waals surface area contributed by atoms with E-state index in [-0.39, 0.29) is 6.04 Å². The Bertz CT molecular complexity index is 525. The van der Waals surface area contributed by atoms with Crippen molar-refractivity contribution in [3.63, 3.8) is 0 Å². The van der Waals surface area contributed by atoms with Gasteiger partial charge in [0, 0.05) is 24.6 Å². The monoisotopic (exact) mass is 242 g/mol. The van der Waals surface area contributed by atoms with Gasteiger partial charge in [-0.3, -0.25) is 4.98 Å². The average molecular weight is 242 g/mol. The molecule has 2 heterocycles. The molecule has 1 atom stereocenters. The largest absolute Gasteiger partial charge is 0.384 e. The first-order chi connectivity index (χ1) is 8.70. The maximum Gasteiger partial charge on any atom is 0.123 e. The lowest BCUT2D eigenvalue weighted by Crippen LogP contribution is -2.20. The van der Waals surface area contributed by atoms with Crippen molar-refractivity contribution in [2.24, 2.45) is 0 Å². The number of likely N-dealkylation sites (N-methyl/N-ethyl adjacent to an activating group) is 1. The molecule has 3 N–H and O–H groups in total. The number of hydrogen-bond acceptors (Lipinski definition) is 4. The van der Waals surface area contributed by atoms with Crippen LogP contribution in [0.5, 0.6) is 0 Å². The molecule has 0 spiro atoms. The van der Waals surface area contributed by atoms with E-state index in [1.807, 2.05) is 37.6 Å². The fraction of sp³-hybridized carbons (Fsp3) is 0.286. The van der Waals surface area contributed by atoms with Crippen molar-refractivity contribution < 1.29 is 0 Å². The Hall–Kier alpha value is -1.94. The second kappa shape index (κ2) is 5.60. The molecule has 0 fully saturated rings. The molecule has 1 unspecified atom stereocenters. The number of hydrogen-bond donors (Lipinski definition) is 2. The maximum absolute atomic E-state index is 5.70. The van der Waals surface area contributed by atoms with Crippen LogP contribution >= 0.6 is 0 Å². The molecule has 0 bridgehead atoms. The first-order valence-electron chi connectivity index (χ1n) is 5.99. The molecule has 0 aliphatic carbocycles. The Labute approximate surface area is 107 Å². The summed E-state index contributed by atoms with van der Waals surface area (Å²) in [4.78, 5) is 8.20. The van der Waals surface area contributed by atoms with Gasteiger partial charge in [0.25, 0.3) is 0 Å². The SMILES string of the molecule is CNC(Cc1ccnc(N)c1)c1cnccc1C. The molecule has 0 saturated carbocycles. The van der Waals surface area contributed by atoms with E-state index in [2.05, 4.69) is 22.2 Å². The second-order valence-electron chi connectivity index (χ2n) is 4.37. The number of rotatable bonds is 4. The molecule has 0 aliphatic rings. The predicted molar refractivity (Wildman–Crippen MR) is 73.1 cm³/mol. The van der Waals surface area contributed by atoms with Crippen molar-refractivity contribution in [1.82, 2.24) is 15.3 Å². The van der Waals surface area contributed by atoms with Crippen LogP contribution in [0.15, 0.2) is 36.8 Å². The van der Waals surface area contributed by atoms with Gasteiger partial charge in [0.15, 0.2) is 0 Å². The number of anilines is 1. The summed E-state index contributed by atoms with van der Waals surface area (Å²) in [5, 5.41) is 3.33. The van der Waals surface area contributed by atoms with E-state index in [0.29, 0.717) is 5.82 Å². The molecule has 18 heavy (non-hydrogen) atoms. The van der Waals surface area contributed by atoms with Gasteiger partial charge in [-0.25, -0.2) is 4.98 Å². The van der Waals surface area contributed by atoms with Gasteiger partial charge in [0.05, 0.1) is 0 Å². The van der Waals surface area contributed by atoms with E-state index in [1.165, 1.54) is 16.7 Å². The minimum atomic E-state index is 0.237. The number of nitrogens with one attached hydrogen (secondary N) is 1. The van der Waals surface area contributed by atoms with E-state index in [9.17, 15) is 0 Å². The van der Waals surface area contributed by atoms with Crippen LogP contribution < -0.4 is 11.1 Å². The highest BCUT2D eigenvalue weighted by Gasteiger charge is 2.12. The molecule has 2 rings (SSSR count). The molecular formula is C14H18N4. The molecule has 4 heteroatoms. The Balaban J connectivity index is 2.23. The fourth-order valence-electron chi connectivity index (χ4n) is 2.07.